The van der Waals surface area contributed by atoms with E-state index in [1.165, 1.54) is 22.0 Å². The maximum atomic E-state index is 14.9. The van der Waals surface area contributed by atoms with Crippen molar-refractivity contribution in [2.75, 3.05) is 13.4 Å². The monoisotopic (exact) mass is 466 g/mol. The first kappa shape index (κ1) is 21.1. The zero-order chi connectivity index (χ0) is 23.1. The van der Waals surface area contributed by atoms with Crippen LogP contribution in [0, 0.1) is 5.82 Å². The number of hydrogen-bond donors (Lipinski definition) is 0. The molecule has 9 heteroatoms. The smallest absolute Gasteiger partial charge is 0.338 e. The molecule has 3 aromatic rings. The quantitative estimate of drug-likeness (QED) is 0.553. The highest BCUT2D eigenvalue weighted by molar-refractivity contribution is 7.07. The van der Waals surface area contributed by atoms with Crippen molar-refractivity contribution in [2.45, 2.75) is 19.9 Å². The van der Waals surface area contributed by atoms with Crippen molar-refractivity contribution in [1.29, 1.82) is 0 Å². The maximum Gasteiger partial charge on any atom is 0.338 e. The molecule has 0 N–H and O–H groups in total. The Bertz CT molecular complexity index is 1490. The fraction of sp³-hybridized carbons (Fsp3) is 0.208. The van der Waals surface area contributed by atoms with Crippen molar-refractivity contribution in [2.24, 2.45) is 4.99 Å². The normalized spacial score (nSPS) is 17.1. The number of esters is 1. The number of carbonyl (C=O) groups excluding carboxylic acids is 1. The Morgan fingerprint density at radius 3 is 2.85 bits per heavy atom. The molecule has 2 aliphatic heterocycles. The van der Waals surface area contributed by atoms with Crippen LogP contribution in [0.15, 0.2) is 63.5 Å². The zero-order valence-electron chi connectivity index (χ0n) is 17.8. The van der Waals surface area contributed by atoms with Crippen LogP contribution in [-0.4, -0.2) is 23.9 Å². The summed E-state index contributed by atoms with van der Waals surface area (Å²) < 4.78 is 32.6. The van der Waals surface area contributed by atoms with Crippen molar-refractivity contribution >= 4 is 23.4 Å². The van der Waals surface area contributed by atoms with E-state index in [1.54, 1.807) is 50.3 Å². The van der Waals surface area contributed by atoms with E-state index < -0.39 is 17.8 Å². The van der Waals surface area contributed by atoms with E-state index in [9.17, 15) is 14.0 Å². The van der Waals surface area contributed by atoms with Gasteiger partial charge in [-0.25, -0.2) is 14.2 Å². The number of allylic oxidation sites excluding steroid dienone is 1. The third kappa shape index (κ3) is 3.64. The summed E-state index contributed by atoms with van der Waals surface area (Å²) in [6.07, 6.45) is 1.72. The van der Waals surface area contributed by atoms with E-state index in [0.717, 1.165) is 5.56 Å². The molecule has 1 unspecified atom stereocenters. The first-order valence-corrected chi connectivity index (χ1v) is 11.1. The second-order valence-corrected chi connectivity index (χ2v) is 8.45. The average Bonchev–Trinajstić information content (AvgIpc) is 3.37. The molecule has 0 bridgehead atoms. The molecule has 0 spiro atoms. The van der Waals surface area contributed by atoms with Crippen LogP contribution in [0.1, 0.15) is 31.0 Å². The molecule has 5 rings (SSSR count). The predicted molar refractivity (Wildman–Crippen MR) is 119 cm³/mol. The molecule has 0 saturated heterocycles. The van der Waals surface area contributed by atoms with Gasteiger partial charge in [0.05, 0.1) is 22.4 Å². The van der Waals surface area contributed by atoms with E-state index in [1.807, 2.05) is 6.07 Å². The molecule has 0 amide bonds. The molecule has 1 atom stereocenters. The lowest BCUT2D eigenvalue weighted by molar-refractivity contribution is -0.139. The fourth-order valence-electron chi connectivity index (χ4n) is 3.94. The Hall–Kier alpha value is -3.72. The third-order valence-corrected chi connectivity index (χ3v) is 6.39. The third-order valence-electron chi connectivity index (χ3n) is 5.41. The van der Waals surface area contributed by atoms with Gasteiger partial charge in [-0.2, -0.15) is 0 Å². The van der Waals surface area contributed by atoms with Crippen LogP contribution in [0.4, 0.5) is 4.39 Å². The van der Waals surface area contributed by atoms with Gasteiger partial charge in [-0.15, -0.1) is 0 Å². The zero-order valence-corrected chi connectivity index (χ0v) is 18.6. The highest BCUT2D eigenvalue weighted by Gasteiger charge is 2.34. The second-order valence-electron chi connectivity index (χ2n) is 7.44. The lowest BCUT2D eigenvalue weighted by atomic mass is 9.95. The average molecular weight is 466 g/mol. The van der Waals surface area contributed by atoms with E-state index >= 15 is 0 Å². The number of rotatable bonds is 4. The van der Waals surface area contributed by atoms with Gasteiger partial charge in [-0.3, -0.25) is 9.36 Å². The second kappa shape index (κ2) is 8.32. The van der Waals surface area contributed by atoms with Gasteiger partial charge in [-0.05, 0) is 43.7 Å². The Morgan fingerprint density at radius 1 is 1.27 bits per heavy atom. The first-order chi connectivity index (χ1) is 16.0. The molecule has 3 heterocycles. The predicted octanol–water partition coefficient (Wildman–Crippen LogP) is 2.67. The summed E-state index contributed by atoms with van der Waals surface area (Å²) in [5.41, 5.74) is 1.10. The van der Waals surface area contributed by atoms with Crippen molar-refractivity contribution < 1.29 is 23.4 Å². The van der Waals surface area contributed by atoms with Crippen LogP contribution in [0.5, 0.6) is 11.5 Å². The lowest BCUT2D eigenvalue weighted by Gasteiger charge is -2.24. The molecule has 168 valence electrons. The summed E-state index contributed by atoms with van der Waals surface area (Å²) in [4.78, 5) is 31.2. The lowest BCUT2D eigenvalue weighted by Crippen LogP contribution is -2.40. The number of hydrogen-bond acceptors (Lipinski definition) is 7. The van der Waals surface area contributed by atoms with E-state index in [0.29, 0.717) is 26.5 Å². The largest absolute Gasteiger partial charge is 0.463 e. The van der Waals surface area contributed by atoms with E-state index in [4.69, 9.17) is 14.2 Å². The minimum absolute atomic E-state index is 0.143. The van der Waals surface area contributed by atoms with Crippen LogP contribution >= 0.6 is 11.3 Å². The summed E-state index contributed by atoms with van der Waals surface area (Å²) in [5, 5.41) is 0. The minimum atomic E-state index is -0.986. The van der Waals surface area contributed by atoms with Crippen molar-refractivity contribution in [1.82, 2.24) is 4.57 Å². The molecule has 0 saturated carbocycles. The SMILES string of the molecule is CCOC(=O)C1=C(C)N=c2s/c(=C/c3ccc4c(c3)OCO4)c(=O)n2C1c1ccccc1F. The number of thiazole rings is 1. The van der Waals surface area contributed by atoms with Gasteiger partial charge < -0.3 is 14.2 Å². The highest BCUT2D eigenvalue weighted by Crippen LogP contribution is 2.33. The van der Waals surface area contributed by atoms with Crippen LogP contribution < -0.4 is 24.4 Å². The molecule has 33 heavy (non-hydrogen) atoms. The highest BCUT2D eigenvalue weighted by atomic mass is 32.1. The summed E-state index contributed by atoms with van der Waals surface area (Å²) in [5.74, 6) is 0.0884. The topological polar surface area (TPSA) is 79.1 Å². The Balaban J connectivity index is 1.71. The van der Waals surface area contributed by atoms with E-state index in [-0.39, 0.29) is 30.1 Å². The van der Waals surface area contributed by atoms with Gasteiger partial charge in [0.2, 0.25) is 6.79 Å². The van der Waals surface area contributed by atoms with Crippen molar-refractivity contribution in [3.05, 3.63) is 90.4 Å². The van der Waals surface area contributed by atoms with Crippen LogP contribution in [0.2, 0.25) is 0 Å². The van der Waals surface area contributed by atoms with Crippen molar-refractivity contribution in [3.8, 4) is 11.5 Å². The number of aromatic nitrogens is 1. The number of ether oxygens (including phenoxy) is 3. The Morgan fingerprint density at radius 2 is 2.06 bits per heavy atom. The summed E-state index contributed by atoms with van der Waals surface area (Å²) in [6.45, 7) is 3.65. The van der Waals surface area contributed by atoms with Gasteiger partial charge >= 0.3 is 5.97 Å². The van der Waals surface area contributed by atoms with Crippen LogP contribution in [0.3, 0.4) is 0 Å². The molecule has 1 aromatic heterocycles. The van der Waals surface area contributed by atoms with E-state index in [2.05, 4.69) is 4.99 Å². The fourth-order valence-corrected chi connectivity index (χ4v) is 4.98. The summed E-state index contributed by atoms with van der Waals surface area (Å²) in [6, 6.07) is 10.5. The number of fused-ring (bicyclic) bond motifs is 2. The standard InChI is InChI=1S/C24H19FN2O5S/c1-3-30-23(29)20-13(2)26-24-27(21(20)15-6-4-5-7-16(15)25)22(28)19(33-24)11-14-8-9-17-18(10-14)32-12-31-17/h4-11,21H,3,12H2,1-2H3/b19-11+. The summed E-state index contributed by atoms with van der Waals surface area (Å²) >= 11 is 1.17. The molecular formula is C24H19FN2O5S. The number of carbonyl (C=O) groups is 1. The van der Waals surface area contributed by atoms with Gasteiger partial charge in [0.1, 0.15) is 11.9 Å². The van der Waals surface area contributed by atoms with Crippen LogP contribution in [0.25, 0.3) is 6.08 Å². The van der Waals surface area contributed by atoms with Gasteiger partial charge in [0.15, 0.2) is 16.3 Å². The Kier molecular flexibility index (Phi) is 5.33. The molecule has 0 fully saturated rings. The van der Waals surface area contributed by atoms with Gasteiger partial charge in [0, 0.05) is 5.56 Å². The number of nitrogens with zero attached hydrogens (tertiary/aromatic N) is 2. The molecule has 0 aliphatic carbocycles. The first-order valence-electron chi connectivity index (χ1n) is 10.3. The van der Waals surface area contributed by atoms with Crippen LogP contribution in [-0.2, 0) is 9.53 Å². The molecule has 2 aliphatic rings. The minimum Gasteiger partial charge on any atom is -0.463 e. The number of halogens is 1. The van der Waals surface area contributed by atoms with Crippen molar-refractivity contribution in [3.63, 3.8) is 0 Å². The molecule has 7 nitrogen and oxygen atoms in total. The van der Waals surface area contributed by atoms with Gasteiger partial charge in [0.25, 0.3) is 5.56 Å². The Labute approximate surface area is 191 Å². The molecule has 2 aromatic carbocycles. The maximum absolute atomic E-state index is 14.9. The van der Waals surface area contributed by atoms with Gasteiger partial charge in [-0.1, -0.05) is 35.6 Å². The summed E-state index contributed by atoms with van der Waals surface area (Å²) in [7, 11) is 0. The molecule has 0 radical (unpaired) electrons. The number of benzene rings is 2. The molecular weight excluding hydrogens is 447 g/mol.